The molecule has 4 rings (SSSR count). The molecule has 154 valence electrons. The zero-order valence-electron chi connectivity index (χ0n) is 16.6. The number of carbonyl (C=O) groups excluding carboxylic acids is 1. The lowest BCUT2D eigenvalue weighted by molar-refractivity contribution is -0.131. The lowest BCUT2D eigenvalue weighted by Crippen LogP contribution is -2.39. The summed E-state index contributed by atoms with van der Waals surface area (Å²) in [6.45, 7) is 2.52. The second-order valence-electron chi connectivity index (χ2n) is 7.28. The zero-order chi connectivity index (χ0) is 20.9. The lowest BCUT2D eigenvalue weighted by Gasteiger charge is -2.23. The van der Waals surface area contributed by atoms with Crippen molar-refractivity contribution in [1.29, 1.82) is 0 Å². The smallest absolute Gasteiger partial charge is 0.267 e. The molecule has 1 aliphatic heterocycles. The molecule has 0 atom stereocenters. The first-order valence-electron chi connectivity index (χ1n) is 10.0. The number of aromatic nitrogens is 2. The average molecular weight is 406 g/mol. The van der Waals surface area contributed by atoms with Gasteiger partial charge in [-0.05, 0) is 36.8 Å². The second kappa shape index (κ2) is 8.90. The van der Waals surface area contributed by atoms with Crippen molar-refractivity contribution in [2.75, 3.05) is 31.1 Å². The molecule has 6 nitrogen and oxygen atoms in total. The largest absolute Gasteiger partial charge is 0.370 e. The molecule has 1 aromatic heterocycles. The SMILES string of the molecule is O=C(Cn1nc(-c2ccccc2)ccc1=O)N1CCCN(c2ccc(F)cc2)CC1. The molecule has 3 aromatic rings. The van der Waals surface area contributed by atoms with Crippen LogP contribution in [-0.4, -0.2) is 46.8 Å². The third kappa shape index (κ3) is 4.56. The molecule has 0 aliphatic carbocycles. The number of amides is 1. The average Bonchev–Trinajstić information content (AvgIpc) is 3.03. The molecule has 1 saturated heterocycles. The first-order valence-corrected chi connectivity index (χ1v) is 10.0. The van der Waals surface area contributed by atoms with Crippen molar-refractivity contribution in [3.8, 4) is 11.3 Å². The molecule has 0 saturated carbocycles. The molecule has 0 radical (unpaired) electrons. The van der Waals surface area contributed by atoms with E-state index in [-0.39, 0.29) is 23.8 Å². The second-order valence-corrected chi connectivity index (χ2v) is 7.28. The molecular formula is C23H23FN4O2. The Labute approximate surface area is 174 Å². The van der Waals surface area contributed by atoms with Gasteiger partial charge in [0.15, 0.2) is 0 Å². The van der Waals surface area contributed by atoms with Gasteiger partial charge in [-0.15, -0.1) is 0 Å². The normalized spacial score (nSPS) is 14.4. The molecule has 0 spiro atoms. The van der Waals surface area contributed by atoms with Crippen LogP contribution < -0.4 is 10.5 Å². The summed E-state index contributed by atoms with van der Waals surface area (Å²) in [6.07, 6.45) is 0.801. The summed E-state index contributed by atoms with van der Waals surface area (Å²) in [5, 5.41) is 4.38. The highest BCUT2D eigenvalue weighted by Gasteiger charge is 2.20. The Kier molecular flexibility index (Phi) is 5.88. The first-order chi connectivity index (χ1) is 14.6. The highest BCUT2D eigenvalue weighted by Crippen LogP contribution is 2.17. The molecule has 1 fully saturated rings. The highest BCUT2D eigenvalue weighted by molar-refractivity contribution is 5.76. The minimum absolute atomic E-state index is 0.0872. The van der Waals surface area contributed by atoms with Crippen LogP contribution in [0.3, 0.4) is 0 Å². The fraction of sp³-hybridized carbons (Fsp3) is 0.261. The predicted molar refractivity (Wildman–Crippen MR) is 114 cm³/mol. The van der Waals surface area contributed by atoms with Crippen LogP contribution in [0.15, 0.2) is 71.5 Å². The van der Waals surface area contributed by atoms with Crippen LogP contribution in [-0.2, 0) is 11.3 Å². The van der Waals surface area contributed by atoms with E-state index in [2.05, 4.69) is 10.00 Å². The van der Waals surface area contributed by atoms with Crippen molar-refractivity contribution in [2.24, 2.45) is 0 Å². The van der Waals surface area contributed by atoms with Crippen LogP contribution in [0.2, 0.25) is 0 Å². The van der Waals surface area contributed by atoms with Gasteiger partial charge >= 0.3 is 0 Å². The van der Waals surface area contributed by atoms with E-state index in [1.165, 1.54) is 22.9 Å². The molecule has 2 heterocycles. The van der Waals surface area contributed by atoms with Crippen molar-refractivity contribution in [3.63, 3.8) is 0 Å². The molecule has 0 N–H and O–H groups in total. The van der Waals surface area contributed by atoms with Crippen molar-refractivity contribution < 1.29 is 9.18 Å². The summed E-state index contributed by atoms with van der Waals surface area (Å²) in [7, 11) is 0. The zero-order valence-corrected chi connectivity index (χ0v) is 16.6. The third-order valence-corrected chi connectivity index (χ3v) is 5.26. The maximum atomic E-state index is 13.2. The molecule has 7 heteroatoms. The van der Waals surface area contributed by atoms with E-state index in [4.69, 9.17) is 0 Å². The van der Waals surface area contributed by atoms with Crippen LogP contribution in [0.5, 0.6) is 0 Å². The van der Waals surface area contributed by atoms with Crippen LogP contribution in [0.25, 0.3) is 11.3 Å². The third-order valence-electron chi connectivity index (χ3n) is 5.26. The Bertz CT molecular complexity index is 1070. The van der Waals surface area contributed by atoms with Gasteiger partial charge in [-0.25, -0.2) is 9.07 Å². The van der Waals surface area contributed by atoms with E-state index >= 15 is 0 Å². The number of nitrogens with zero attached hydrogens (tertiary/aromatic N) is 4. The number of hydrogen-bond acceptors (Lipinski definition) is 4. The van der Waals surface area contributed by atoms with E-state index in [1.54, 1.807) is 23.1 Å². The summed E-state index contributed by atoms with van der Waals surface area (Å²) in [5.74, 6) is -0.392. The molecule has 0 bridgehead atoms. The van der Waals surface area contributed by atoms with Gasteiger partial charge in [0.1, 0.15) is 12.4 Å². The first kappa shape index (κ1) is 19.8. The van der Waals surface area contributed by atoms with Crippen molar-refractivity contribution in [2.45, 2.75) is 13.0 Å². The van der Waals surface area contributed by atoms with Gasteiger partial charge in [0, 0.05) is 43.5 Å². The number of rotatable bonds is 4. The number of halogens is 1. The van der Waals surface area contributed by atoms with Crippen LogP contribution in [0.4, 0.5) is 10.1 Å². The molecule has 1 aliphatic rings. The molecule has 2 aromatic carbocycles. The molecule has 0 unspecified atom stereocenters. The maximum Gasteiger partial charge on any atom is 0.267 e. The van der Waals surface area contributed by atoms with Gasteiger partial charge in [-0.1, -0.05) is 30.3 Å². The van der Waals surface area contributed by atoms with Crippen LogP contribution in [0, 0.1) is 5.82 Å². The predicted octanol–water partition coefficient (Wildman–Crippen LogP) is 2.79. The fourth-order valence-corrected chi connectivity index (χ4v) is 3.63. The summed E-state index contributed by atoms with van der Waals surface area (Å²) >= 11 is 0. The number of hydrogen-bond donors (Lipinski definition) is 0. The van der Waals surface area contributed by atoms with Crippen LogP contribution in [0.1, 0.15) is 6.42 Å². The van der Waals surface area contributed by atoms with E-state index in [9.17, 15) is 14.0 Å². The van der Waals surface area contributed by atoms with Gasteiger partial charge < -0.3 is 9.80 Å². The Hall–Kier alpha value is -3.48. The maximum absolute atomic E-state index is 13.2. The van der Waals surface area contributed by atoms with Gasteiger partial charge in [0.2, 0.25) is 5.91 Å². The topological polar surface area (TPSA) is 58.4 Å². The molecule has 1 amide bonds. The van der Waals surface area contributed by atoms with E-state index in [1.807, 2.05) is 30.3 Å². The minimum atomic E-state index is -0.300. The number of benzene rings is 2. The molecule has 30 heavy (non-hydrogen) atoms. The van der Waals surface area contributed by atoms with Crippen molar-refractivity contribution in [1.82, 2.24) is 14.7 Å². The summed E-state index contributed by atoms with van der Waals surface area (Å²) in [6, 6.07) is 19.1. The standard InChI is InChI=1S/C23H23FN4O2/c24-19-7-9-20(10-8-19)26-13-4-14-27(16-15-26)23(30)17-28-22(29)12-11-21(25-28)18-5-2-1-3-6-18/h1-3,5-12H,4,13-17H2. The van der Waals surface area contributed by atoms with Crippen LogP contribution >= 0.6 is 0 Å². The fourth-order valence-electron chi connectivity index (χ4n) is 3.63. The van der Waals surface area contributed by atoms with Crippen molar-refractivity contribution in [3.05, 3.63) is 82.9 Å². The van der Waals surface area contributed by atoms with Gasteiger partial charge in [-0.3, -0.25) is 9.59 Å². The summed E-state index contributed by atoms with van der Waals surface area (Å²) in [4.78, 5) is 29.0. The lowest BCUT2D eigenvalue weighted by atomic mass is 10.1. The Balaban J connectivity index is 1.44. The number of anilines is 1. The monoisotopic (exact) mass is 406 g/mol. The van der Waals surface area contributed by atoms with Gasteiger partial charge in [-0.2, -0.15) is 5.10 Å². The molecular weight excluding hydrogens is 383 g/mol. The Morgan fingerprint density at radius 3 is 2.43 bits per heavy atom. The van der Waals surface area contributed by atoms with E-state index in [0.29, 0.717) is 25.3 Å². The Morgan fingerprint density at radius 1 is 0.900 bits per heavy atom. The van der Waals surface area contributed by atoms with Crippen molar-refractivity contribution >= 4 is 11.6 Å². The van der Waals surface area contributed by atoms with Gasteiger partial charge in [0.25, 0.3) is 5.56 Å². The van der Waals surface area contributed by atoms with E-state index < -0.39 is 0 Å². The van der Waals surface area contributed by atoms with E-state index in [0.717, 1.165) is 24.2 Å². The summed E-state index contributed by atoms with van der Waals surface area (Å²) < 4.78 is 14.4. The minimum Gasteiger partial charge on any atom is -0.370 e. The number of carbonyl (C=O) groups is 1. The summed E-state index contributed by atoms with van der Waals surface area (Å²) in [5.41, 5.74) is 2.19. The quantitative estimate of drug-likeness (QED) is 0.669. The Morgan fingerprint density at radius 2 is 1.67 bits per heavy atom. The highest BCUT2D eigenvalue weighted by atomic mass is 19.1. The van der Waals surface area contributed by atoms with Gasteiger partial charge in [0.05, 0.1) is 5.69 Å².